The van der Waals surface area contributed by atoms with Crippen molar-refractivity contribution >= 4 is 0 Å². The first-order valence-electron chi connectivity index (χ1n) is 6.25. The highest BCUT2D eigenvalue weighted by atomic mass is 15.1. The van der Waals surface area contributed by atoms with E-state index in [0.29, 0.717) is 5.92 Å². The van der Waals surface area contributed by atoms with Crippen LogP contribution in [0.1, 0.15) is 20.8 Å². The van der Waals surface area contributed by atoms with E-state index in [9.17, 15) is 0 Å². The molecule has 0 amide bonds. The Hall–Kier alpha value is -0.600. The molecule has 0 aromatic heterocycles. The van der Waals surface area contributed by atoms with Crippen LogP contribution in [0.15, 0.2) is 25.3 Å². The van der Waals surface area contributed by atoms with Crippen LogP contribution in [0, 0.1) is 11.8 Å². The van der Waals surface area contributed by atoms with Crippen LogP contribution in [0.25, 0.3) is 0 Å². The summed E-state index contributed by atoms with van der Waals surface area (Å²) in [6.07, 6.45) is 3.91. The summed E-state index contributed by atoms with van der Waals surface area (Å²) >= 11 is 0. The van der Waals surface area contributed by atoms with Gasteiger partial charge in [0.1, 0.15) is 0 Å². The fourth-order valence-corrected chi connectivity index (χ4v) is 1.71. The second-order valence-electron chi connectivity index (χ2n) is 4.95. The molecule has 0 aliphatic carbocycles. The maximum Gasteiger partial charge on any atom is 0.0164 e. The van der Waals surface area contributed by atoms with Crippen molar-refractivity contribution in [1.29, 1.82) is 0 Å². The lowest BCUT2D eigenvalue weighted by molar-refractivity contribution is 0.279. The van der Waals surface area contributed by atoms with Crippen molar-refractivity contribution in [3.8, 4) is 0 Å². The quantitative estimate of drug-likeness (QED) is 0.574. The van der Waals surface area contributed by atoms with E-state index in [1.54, 1.807) is 0 Å². The van der Waals surface area contributed by atoms with Crippen molar-refractivity contribution in [2.24, 2.45) is 11.8 Å². The molecule has 0 bridgehead atoms. The van der Waals surface area contributed by atoms with E-state index in [1.807, 2.05) is 12.2 Å². The van der Waals surface area contributed by atoms with E-state index in [0.717, 1.165) is 38.6 Å². The Labute approximate surface area is 101 Å². The van der Waals surface area contributed by atoms with Gasteiger partial charge in [-0.2, -0.15) is 0 Å². The van der Waals surface area contributed by atoms with E-state index >= 15 is 0 Å². The Bertz CT molecular complexity index is 177. The van der Waals surface area contributed by atoms with Crippen LogP contribution in [0.2, 0.25) is 0 Å². The topological polar surface area (TPSA) is 15.3 Å². The number of nitrogens with one attached hydrogen (secondary N) is 1. The maximum atomic E-state index is 3.78. The summed E-state index contributed by atoms with van der Waals surface area (Å²) in [5.74, 6) is 1.39. The Kier molecular flexibility index (Phi) is 9.25. The third kappa shape index (κ3) is 8.69. The van der Waals surface area contributed by atoms with Crippen LogP contribution >= 0.6 is 0 Å². The summed E-state index contributed by atoms with van der Waals surface area (Å²) in [6, 6.07) is 0. The Morgan fingerprint density at radius 2 is 1.62 bits per heavy atom. The number of nitrogens with zero attached hydrogens (tertiary/aromatic N) is 1. The van der Waals surface area contributed by atoms with Gasteiger partial charge in [-0.3, -0.25) is 4.90 Å². The van der Waals surface area contributed by atoms with Crippen molar-refractivity contribution in [2.45, 2.75) is 20.8 Å². The van der Waals surface area contributed by atoms with Gasteiger partial charge < -0.3 is 5.32 Å². The van der Waals surface area contributed by atoms with Gasteiger partial charge in [-0.05, 0) is 24.9 Å². The van der Waals surface area contributed by atoms with Crippen molar-refractivity contribution in [3.63, 3.8) is 0 Å². The third-order valence-electron chi connectivity index (χ3n) is 2.39. The monoisotopic (exact) mass is 224 g/mol. The third-order valence-corrected chi connectivity index (χ3v) is 2.39. The highest BCUT2D eigenvalue weighted by Gasteiger charge is 2.07. The second kappa shape index (κ2) is 9.61. The number of rotatable bonds is 10. The van der Waals surface area contributed by atoms with Gasteiger partial charge in [0, 0.05) is 19.6 Å². The molecule has 0 heterocycles. The van der Waals surface area contributed by atoms with E-state index in [2.05, 4.69) is 44.1 Å². The van der Waals surface area contributed by atoms with Crippen molar-refractivity contribution in [2.75, 3.05) is 32.7 Å². The normalized spacial score (nSPS) is 13.1. The standard InChI is InChI=1S/C14H28N2/c1-6-8-16(9-7-2)12-14(5)11-15-10-13(3)4/h6-7,13-15H,1-2,8-12H2,3-5H3. The smallest absolute Gasteiger partial charge is 0.0164 e. The molecule has 0 aromatic rings. The molecular weight excluding hydrogens is 196 g/mol. The highest BCUT2D eigenvalue weighted by molar-refractivity contribution is 4.80. The molecule has 0 aliphatic rings. The van der Waals surface area contributed by atoms with Crippen LogP contribution in [0.5, 0.6) is 0 Å². The van der Waals surface area contributed by atoms with Gasteiger partial charge in [-0.15, -0.1) is 13.2 Å². The fourth-order valence-electron chi connectivity index (χ4n) is 1.71. The predicted molar refractivity (Wildman–Crippen MR) is 73.7 cm³/mol. The molecule has 2 heteroatoms. The van der Waals surface area contributed by atoms with Gasteiger partial charge in [-0.1, -0.05) is 32.9 Å². The highest BCUT2D eigenvalue weighted by Crippen LogP contribution is 2.00. The molecule has 0 aromatic carbocycles. The van der Waals surface area contributed by atoms with Crippen molar-refractivity contribution in [3.05, 3.63) is 25.3 Å². The molecule has 1 atom stereocenters. The van der Waals surface area contributed by atoms with Gasteiger partial charge in [0.15, 0.2) is 0 Å². The van der Waals surface area contributed by atoms with Gasteiger partial charge in [0.25, 0.3) is 0 Å². The summed E-state index contributed by atoms with van der Waals surface area (Å²) in [5, 5.41) is 3.50. The minimum Gasteiger partial charge on any atom is -0.316 e. The second-order valence-corrected chi connectivity index (χ2v) is 4.95. The summed E-state index contributed by atoms with van der Waals surface area (Å²) < 4.78 is 0. The van der Waals surface area contributed by atoms with Crippen LogP contribution in [-0.4, -0.2) is 37.6 Å². The lowest BCUT2D eigenvalue weighted by Gasteiger charge is -2.23. The first-order valence-corrected chi connectivity index (χ1v) is 6.25. The van der Waals surface area contributed by atoms with E-state index in [1.165, 1.54) is 0 Å². The van der Waals surface area contributed by atoms with Crippen molar-refractivity contribution in [1.82, 2.24) is 10.2 Å². The minimum absolute atomic E-state index is 0.665. The van der Waals surface area contributed by atoms with E-state index in [4.69, 9.17) is 0 Å². The molecule has 16 heavy (non-hydrogen) atoms. The summed E-state index contributed by atoms with van der Waals surface area (Å²) in [6.45, 7) is 19.5. The lowest BCUT2D eigenvalue weighted by Crippen LogP contribution is -2.34. The molecule has 0 aliphatic heterocycles. The molecular formula is C14H28N2. The van der Waals surface area contributed by atoms with Gasteiger partial charge in [0.05, 0.1) is 0 Å². The predicted octanol–water partition coefficient (Wildman–Crippen LogP) is 2.54. The molecule has 1 unspecified atom stereocenters. The van der Waals surface area contributed by atoms with E-state index < -0.39 is 0 Å². The molecule has 0 spiro atoms. The molecule has 0 saturated carbocycles. The number of hydrogen-bond acceptors (Lipinski definition) is 2. The van der Waals surface area contributed by atoms with Crippen molar-refractivity contribution < 1.29 is 0 Å². The molecule has 94 valence electrons. The van der Waals surface area contributed by atoms with Crippen LogP contribution in [0.4, 0.5) is 0 Å². The summed E-state index contributed by atoms with van der Waals surface area (Å²) in [5.41, 5.74) is 0. The zero-order valence-electron chi connectivity index (χ0n) is 11.2. The zero-order chi connectivity index (χ0) is 12.4. The summed E-state index contributed by atoms with van der Waals surface area (Å²) in [7, 11) is 0. The van der Waals surface area contributed by atoms with E-state index in [-0.39, 0.29) is 0 Å². The average molecular weight is 224 g/mol. The van der Waals surface area contributed by atoms with Crippen LogP contribution in [0.3, 0.4) is 0 Å². The first-order chi connectivity index (χ1) is 7.60. The van der Waals surface area contributed by atoms with Gasteiger partial charge in [-0.25, -0.2) is 0 Å². The van der Waals surface area contributed by atoms with Gasteiger partial charge in [0.2, 0.25) is 0 Å². The molecule has 2 nitrogen and oxygen atoms in total. The molecule has 0 rings (SSSR count). The minimum atomic E-state index is 0.665. The summed E-state index contributed by atoms with van der Waals surface area (Å²) in [4.78, 5) is 2.36. The molecule has 0 saturated heterocycles. The largest absolute Gasteiger partial charge is 0.316 e. The maximum absolute atomic E-state index is 3.78. The Balaban J connectivity index is 3.75. The fraction of sp³-hybridized carbons (Fsp3) is 0.714. The molecule has 1 N–H and O–H groups in total. The number of hydrogen-bond donors (Lipinski definition) is 1. The molecule has 0 fully saturated rings. The van der Waals surface area contributed by atoms with Crippen LogP contribution < -0.4 is 5.32 Å². The Morgan fingerprint density at radius 1 is 1.06 bits per heavy atom. The Morgan fingerprint density at radius 3 is 2.06 bits per heavy atom. The zero-order valence-corrected chi connectivity index (χ0v) is 11.2. The molecule has 0 radical (unpaired) electrons. The lowest BCUT2D eigenvalue weighted by atomic mass is 10.1. The van der Waals surface area contributed by atoms with Gasteiger partial charge >= 0.3 is 0 Å². The first kappa shape index (κ1) is 15.4. The average Bonchev–Trinajstić information content (AvgIpc) is 2.17. The van der Waals surface area contributed by atoms with Crippen LogP contribution in [-0.2, 0) is 0 Å². The SMILES string of the molecule is C=CCN(CC=C)CC(C)CNCC(C)C.